The van der Waals surface area contributed by atoms with E-state index >= 15 is 0 Å². The van der Waals surface area contributed by atoms with Crippen molar-refractivity contribution in [1.29, 1.82) is 0 Å². The number of rotatable bonds is 7. The number of carboxylic acids is 1. The highest BCUT2D eigenvalue weighted by atomic mass is 16.4. The minimum Gasteiger partial charge on any atom is -0.480 e. The smallest absolute Gasteiger partial charge is 0.326 e. The van der Waals surface area contributed by atoms with E-state index in [1.807, 2.05) is 6.07 Å². The second kappa shape index (κ2) is 7.26. The van der Waals surface area contributed by atoms with Gasteiger partial charge in [0.2, 0.25) is 5.91 Å². The molecule has 4 N–H and O–H groups in total. The molecule has 7 heteroatoms. The Labute approximate surface area is 129 Å². The molecule has 0 aliphatic rings. The quantitative estimate of drug-likeness (QED) is 0.639. The lowest BCUT2D eigenvalue weighted by Crippen LogP contribution is -2.43. The highest BCUT2D eigenvalue weighted by Gasteiger charge is 2.21. The zero-order valence-corrected chi connectivity index (χ0v) is 11.8. The van der Waals surface area contributed by atoms with Gasteiger partial charge in [-0.2, -0.15) is 0 Å². The summed E-state index contributed by atoms with van der Waals surface area (Å²) in [5.41, 5.74) is 1.19. The third-order valence-corrected chi connectivity index (χ3v) is 3.12. The fourth-order valence-electron chi connectivity index (χ4n) is 1.95. The van der Waals surface area contributed by atoms with Crippen molar-refractivity contribution in [2.24, 2.45) is 0 Å². The van der Waals surface area contributed by atoms with Crippen molar-refractivity contribution in [1.82, 2.24) is 15.0 Å². The lowest BCUT2D eigenvalue weighted by molar-refractivity contribution is -0.141. The van der Waals surface area contributed by atoms with Crippen molar-refractivity contribution in [3.63, 3.8) is 0 Å². The zero-order valence-electron chi connectivity index (χ0n) is 12.8. The maximum absolute atomic E-state index is 12.0. The number of aromatic nitrogens is 2. The van der Waals surface area contributed by atoms with E-state index in [0.717, 1.165) is 0 Å². The number of aliphatic carboxylic acids is 1. The summed E-state index contributed by atoms with van der Waals surface area (Å²) in [5.74, 6) is 3.93. The van der Waals surface area contributed by atoms with Gasteiger partial charge in [-0.05, 0) is 12.0 Å². The Morgan fingerprint density at radius 2 is 2.14 bits per heavy atom. The Bertz CT molecular complexity index is 674. The van der Waals surface area contributed by atoms with E-state index in [1.165, 1.54) is 17.2 Å². The molecule has 0 saturated carbocycles. The summed E-state index contributed by atoms with van der Waals surface area (Å²) in [6.45, 7) is 0. The van der Waals surface area contributed by atoms with Crippen LogP contribution in [0.3, 0.4) is 0 Å². The van der Waals surface area contributed by atoms with Crippen LogP contribution in [0, 0.1) is 0 Å². The van der Waals surface area contributed by atoms with E-state index in [-0.39, 0.29) is 12.8 Å². The molecule has 2 atom stereocenters. The second-order valence-electron chi connectivity index (χ2n) is 4.77. The number of imidazole rings is 1. The van der Waals surface area contributed by atoms with Gasteiger partial charge in [-0.25, -0.2) is 9.78 Å². The number of hydrogen-bond donors (Lipinski definition) is 3. The summed E-state index contributed by atoms with van der Waals surface area (Å²) in [6, 6.07) is 7.80. The molecule has 0 fully saturated rings. The first-order valence-corrected chi connectivity index (χ1v) is 6.73. The molecule has 0 spiro atoms. The zero-order chi connectivity index (χ0) is 16.8. The maximum atomic E-state index is 12.0. The van der Waals surface area contributed by atoms with Crippen LogP contribution in [-0.2, 0) is 22.4 Å². The van der Waals surface area contributed by atoms with Crippen molar-refractivity contribution in [2.45, 2.75) is 25.3 Å². The molecule has 1 aromatic heterocycles. The Morgan fingerprint density at radius 1 is 1.41 bits per heavy atom. The van der Waals surface area contributed by atoms with Gasteiger partial charge in [0, 0.05) is 14.2 Å². The van der Waals surface area contributed by atoms with Gasteiger partial charge in [0.15, 0.2) is 0 Å². The van der Waals surface area contributed by atoms with Crippen LogP contribution in [-0.4, -0.2) is 32.7 Å². The number of amides is 1. The van der Waals surface area contributed by atoms with E-state index < -0.39 is 24.3 Å². The highest BCUT2D eigenvalue weighted by Crippen LogP contribution is 2.04. The number of benzene rings is 1. The molecule has 7 nitrogen and oxygen atoms in total. The molecule has 1 unspecified atom stereocenters. The summed E-state index contributed by atoms with van der Waals surface area (Å²) in [7, 11) is 0. The van der Waals surface area contributed by atoms with Gasteiger partial charge in [0.1, 0.15) is 12.4 Å². The van der Waals surface area contributed by atoms with E-state index in [1.54, 1.807) is 24.3 Å². The van der Waals surface area contributed by atoms with E-state index in [0.29, 0.717) is 11.3 Å². The predicted molar refractivity (Wildman–Crippen MR) is 80.4 cm³/mol. The first kappa shape index (κ1) is 14.1. The number of aryl methyl sites for hydroxylation is 1. The molecule has 22 heavy (non-hydrogen) atoms. The van der Waals surface area contributed by atoms with Crippen molar-refractivity contribution in [3.05, 3.63) is 54.1 Å². The van der Waals surface area contributed by atoms with Gasteiger partial charge in [-0.1, -0.05) is 30.3 Å². The Morgan fingerprint density at radius 3 is 2.73 bits per heavy atom. The number of nitrogens with one attached hydrogen (secondary N) is 1. The molecule has 0 aliphatic carbocycles. The SMILES string of the molecule is [2H]C(CC(=O)N[C@@H](Cc1cncn1N)C(=O)O)c1ccccc1. The minimum absolute atomic E-state index is 0.0194. The molecule has 2 aromatic rings. The van der Waals surface area contributed by atoms with Gasteiger partial charge in [-0.15, -0.1) is 0 Å². The topological polar surface area (TPSA) is 110 Å². The van der Waals surface area contributed by atoms with Crippen LogP contribution in [0.1, 0.15) is 19.0 Å². The van der Waals surface area contributed by atoms with Gasteiger partial charge >= 0.3 is 5.97 Å². The van der Waals surface area contributed by atoms with Crippen LogP contribution in [0.5, 0.6) is 0 Å². The summed E-state index contributed by atoms with van der Waals surface area (Å²) in [5, 5.41) is 11.7. The molecule has 0 radical (unpaired) electrons. The number of hydrogen-bond acceptors (Lipinski definition) is 4. The number of carbonyl (C=O) groups excluding carboxylic acids is 1. The second-order valence-corrected chi connectivity index (χ2v) is 4.77. The average molecular weight is 303 g/mol. The lowest BCUT2D eigenvalue weighted by atomic mass is 10.1. The number of nitrogens with zero attached hydrogens (tertiary/aromatic N) is 2. The number of nitrogen functional groups attached to an aromatic ring is 1. The fraction of sp³-hybridized carbons (Fsp3) is 0.267. The summed E-state index contributed by atoms with van der Waals surface area (Å²) < 4.78 is 9.19. The molecular weight excluding hydrogens is 284 g/mol. The molecule has 2 rings (SSSR count). The van der Waals surface area contributed by atoms with E-state index in [4.69, 9.17) is 7.21 Å². The normalized spacial score (nSPS) is 13.9. The molecule has 1 aromatic carbocycles. The van der Waals surface area contributed by atoms with Crippen molar-refractivity contribution in [3.8, 4) is 0 Å². The van der Waals surface area contributed by atoms with Crippen LogP contribution in [0.4, 0.5) is 0 Å². The summed E-state index contributed by atoms with van der Waals surface area (Å²) in [4.78, 5) is 27.1. The molecule has 0 aliphatic heterocycles. The Hall–Kier alpha value is -2.83. The largest absolute Gasteiger partial charge is 0.480 e. The molecule has 0 bridgehead atoms. The molecule has 1 heterocycles. The average Bonchev–Trinajstić information content (AvgIpc) is 2.92. The predicted octanol–water partition coefficient (Wildman–Crippen LogP) is 0.342. The maximum Gasteiger partial charge on any atom is 0.326 e. The first-order valence-electron chi connectivity index (χ1n) is 7.30. The van der Waals surface area contributed by atoms with Crippen LogP contribution in [0.2, 0.25) is 0 Å². The van der Waals surface area contributed by atoms with Crippen LogP contribution < -0.4 is 11.2 Å². The van der Waals surface area contributed by atoms with Crippen molar-refractivity contribution >= 4 is 11.9 Å². The van der Waals surface area contributed by atoms with Gasteiger partial charge < -0.3 is 16.3 Å². The number of carboxylic acid groups (broad SMARTS) is 1. The van der Waals surface area contributed by atoms with Gasteiger partial charge in [-0.3, -0.25) is 9.47 Å². The fourth-order valence-corrected chi connectivity index (χ4v) is 1.95. The lowest BCUT2D eigenvalue weighted by Gasteiger charge is -2.14. The van der Waals surface area contributed by atoms with E-state index in [2.05, 4.69) is 10.3 Å². The van der Waals surface area contributed by atoms with Gasteiger partial charge in [0.05, 0.1) is 11.9 Å². The molecule has 1 amide bonds. The standard InChI is InChI=1S/C15H18N4O3/c16-19-10-17-9-12(19)8-13(15(21)22)18-14(20)7-6-11-4-2-1-3-5-11/h1-5,9-10,13H,6-8,16H2,(H,18,20)(H,21,22)/t13-/m0/s1/i6D/t6?,13-. The molecule has 0 saturated heterocycles. The highest BCUT2D eigenvalue weighted by molar-refractivity contribution is 5.83. The summed E-state index contributed by atoms with van der Waals surface area (Å²) in [6.07, 6.45) is 1.96. The third kappa shape index (κ3) is 4.34. The van der Waals surface area contributed by atoms with Crippen LogP contribution in [0.25, 0.3) is 0 Å². The monoisotopic (exact) mass is 303 g/mol. The minimum atomic E-state index is -1.17. The molecular formula is C15H18N4O3. The van der Waals surface area contributed by atoms with Gasteiger partial charge in [0.25, 0.3) is 0 Å². The first-order chi connectivity index (χ1) is 11.0. The Balaban J connectivity index is 1.96. The number of nitrogens with two attached hydrogens (primary N) is 1. The number of carbonyl (C=O) groups is 2. The van der Waals surface area contributed by atoms with E-state index in [9.17, 15) is 14.7 Å². The van der Waals surface area contributed by atoms with Crippen LogP contribution >= 0.6 is 0 Å². The summed E-state index contributed by atoms with van der Waals surface area (Å²) >= 11 is 0. The Kier molecular flexibility index (Phi) is 4.66. The van der Waals surface area contributed by atoms with Crippen LogP contribution in [0.15, 0.2) is 42.9 Å². The van der Waals surface area contributed by atoms with Crippen molar-refractivity contribution < 1.29 is 16.1 Å². The third-order valence-electron chi connectivity index (χ3n) is 3.12. The van der Waals surface area contributed by atoms with Crippen molar-refractivity contribution in [2.75, 3.05) is 5.84 Å². The molecule has 116 valence electrons.